The molecule has 6 nitrogen and oxygen atoms in total. The molecule has 34 heavy (non-hydrogen) atoms. The standard InChI is InChI=1S/C26H31ClN4O2S/c1-16-7-9-20(10-8-16)34(33)21-11-12-23(17(2)13-21)29-26-28-15-18-14-22(27)25(32)31(24(18)30-26)19-5-3-4-6-19/h11-16,19-20H,3-10H2,1-2H3,(H,28,29,30)/t16-,20-,34-/m1/s1. The molecule has 0 amide bonds. The zero-order valence-electron chi connectivity index (χ0n) is 19.7. The average molecular weight is 499 g/mol. The predicted octanol–water partition coefficient (Wildman–Crippen LogP) is 6.30. The van der Waals surface area contributed by atoms with Gasteiger partial charge in [0.1, 0.15) is 15.9 Å². The van der Waals surface area contributed by atoms with Gasteiger partial charge in [-0.05, 0) is 92.4 Å². The molecule has 0 spiro atoms. The Morgan fingerprint density at radius 3 is 2.56 bits per heavy atom. The second-order valence-electron chi connectivity index (χ2n) is 9.86. The van der Waals surface area contributed by atoms with Crippen LogP contribution >= 0.6 is 11.6 Å². The Bertz CT molecular complexity index is 1250. The maximum atomic E-state index is 13.1. The fourth-order valence-corrected chi connectivity index (χ4v) is 7.09. The fraction of sp³-hybridized carbons (Fsp3) is 0.500. The van der Waals surface area contributed by atoms with E-state index in [1.165, 1.54) is 0 Å². The molecule has 3 aromatic rings. The molecule has 1 N–H and O–H groups in total. The van der Waals surface area contributed by atoms with Gasteiger partial charge in [-0.2, -0.15) is 4.98 Å². The minimum Gasteiger partial charge on any atom is -0.611 e. The minimum absolute atomic E-state index is 0.121. The van der Waals surface area contributed by atoms with Gasteiger partial charge in [-0.3, -0.25) is 9.36 Å². The lowest BCUT2D eigenvalue weighted by Gasteiger charge is -2.28. The summed E-state index contributed by atoms with van der Waals surface area (Å²) in [5.74, 6) is 1.17. The summed E-state index contributed by atoms with van der Waals surface area (Å²) in [6.07, 6.45) is 10.2. The van der Waals surface area contributed by atoms with Gasteiger partial charge in [0.15, 0.2) is 4.90 Å². The smallest absolute Gasteiger partial charge is 0.271 e. The number of nitrogens with one attached hydrogen (secondary N) is 1. The summed E-state index contributed by atoms with van der Waals surface area (Å²) in [4.78, 5) is 22.9. The summed E-state index contributed by atoms with van der Waals surface area (Å²) in [5.41, 5.74) is 2.27. The van der Waals surface area contributed by atoms with Crippen molar-refractivity contribution in [3.63, 3.8) is 0 Å². The van der Waals surface area contributed by atoms with Crippen LogP contribution in [0.3, 0.4) is 0 Å². The van der Waals surface area contributed by atoms with E-state index in [0.717, 1.165) is 78.8 Å². The van der Waals surface area contributed by atoms with Crippen LogP contribution in [0.1, 0.15) is 69.9 Å². The van der Waals surface area contributed by atoms with Gasteiger partial charge in [-0.15, -0.1) is 0 Å². The highest BCUT2D eigenvalue weighted by Crippen LogP contribution is 2.34. The van der Waals surface area contributed by atoms with E-state index >= 15 is 0 Å². The van der Waals surface area contributed by atoms with Crippen LogP contribution in [0, 0.1) is 12.8 Å². The van der Waals surface area contributed by atoms with Crippen molar-refractivity contribution in [3.8, 4) is 0 Å². The van der Waals surface area contributed by atoms with Gasteiger partial charge in [-0.1, -0.05) is 31.4 Å². The number of rotatable bonds is 5. The summed E-state index contributed by atoms with van der Waals surface area (Å²) in [7, 11) is 0. The van der Waals surface area contributed by atoms with Gasteiger partial charge in [0.25, 0.3) is 5.56 Å². The number of hydrogen-bond donors (Lipinski definition) is 1. The Morgan fingerprint density at radius 2 is 1.85 bits per heavy atom. The SMILES string of the molecule is Cc1cc([S@+]([O-])[C@H]2CC[C@H](C)CC2)ccc1Nc1ncc2cc(Cl)c(=O)n(C3CCCC3)c2n1. The first-order valence-electron chi connectivity index (χ1n) is 12.3. The third kappa shape index (κ3) is 4.70. The van der Waals surface area contributed by atoms with Gasteiger partial charge < -0.3 is 9.87 Å². The van der Waals surface area contributed by atoms with Crippen molar-refractivity contribution in [2.24, 2.45) is 5.92 Å². The number of aryl methyl sites for hydroxylation is 1. The van der Waals surface area contributed by atoms with Crippen molar-refractivity contribution >= 4 is 45.4 Å². The zero-order chi connectivity index (χ0) is 23.8. The predicted molar refractivity (Wildman–Crippen MR) is 139 cm³/mol. The number of pyridine rings is 1. The van der Waals surface area contributed by atoms with E-state index in [1.807, 2.05) is 25.1 Å². The van der Waals surface area contributed by atoms with Crippen molar-refractivity contribution in [1.82, 2.24) is 14.5 Å². The molecule has 0 bridgehead atoms. The first-order valence-corrected chi connectivity index (χ1v) is 13.9. The van der Waals surface area contributed by atoms with E-state index in [9.17, 15) is 9.35 Å². The fourth-order valence-electron chi connectivity index (χ4n) is 5.31. The van der Waals surface area contributed by atoms with Crippen molar-refractivity contribution in [2.75, 3.05) is 5.32 Å². The minimum atomic E-state index is -0.988. The number of nitrogens with zero attached hydrogens (tertiary/aromatic N) is 3. The van der Waals surface area contributed by atoms with Crippen LogP contribution in [0.25, 0.3) is 11.0 Å². The Hall–Kier alpha value is -2.09. The molecule has 5 rings (SSSR count). The van der Waals surface area contributed by atoms with Gasteiger partial charge in [0.2, 0.25) is 5.95 Å². The number of aromatic nitrogens is 3. The number of anilines is 2. The van der Waals surface area contributed by atoms with E-state index < -0.39 is 11.2 Å². The zero-order valence-corrected chi connectivity index (χ0v) is 21.3. The number of halogens is 1. The maximum absolute atomic E-state index is 13.1. The van der Waals surface area contributed by atoms with Gasteiger partial charge in [0.05, 0.1) is 0 Å². The molecule has 2 aromatic heterocycles. The lowest BCUT2D eigenvalue weighted by Crippen LogP contribution is -2.26. The van der Waals surface area contributed by atoms with Crippen LogP contribution in [0.15, 0.2) is 40.2 Å². The lowest BCUT2D eigenvalue weighted by molar-refractivity contribution is 0.382. The largest absolute Gasteiger partial charge is 0.611 e. The quantitative estimate of drug-likeness (QED) is 0.417. The van der Waals surface area contributed by atoms with Crippen LogP contribution in [-0.2, 0) is 11.2 Å². The number of fused-ring (bicyclic) bond motifs is 1. The Kier molecular flexibility index (Phi) is 6.87. The van der Waals surface area contributed by atoms with E-state index in [0.29, 0.717) is 11.6 Å². The second-order valence-corrected chi connectivity index (χ2v) is 12.0. The molecule has 0 aliphatic heterocycles. The highest BCUT2D eigenvalue weighted by atomic mass is 35.5. The molecule has 2 saturated carbocycles. The van der Waals surface area contributed by atoms with Gasteiger partial charge in [0, 0.05) is 23.3 Å². The number of hydrogen-bond acceptors (Lipinski definition) is 5. The molecule has 0 unspecified atom stereocenters. The third-order valence-corrected chi connectivity index (χ3v) is 9.43. The van der Waals surface area contributed by atoms with Crippen LogP contribution in [0.5, 0.6) is 0 Å². The average Bonchev–Trinajstić information content (AvgIpc) is 3.36. The van der Waals surface area contributed by atoms with E-state index in [4.69, 9.17) is 16.6 Å². The molecule has 0 saturated heterocycles. The van der Waals surface area contributed by atoms with E-state index in [1.54, 1.807) is 16.8 Å². The monoisotopic (exact) mass is 498 g/mol. The maximum Gasteiger partial charge on any atom is 0.271 e. The van der Waals surface area contributed by atoms with E-state index in [2.05, 4.69) is 17.2 Å². The lowest BCUT2D eigenvalue weighted by atomic mass is 9.91. The van der Waals surface area contributed by atoms with Crippen molar-refractivity contribution in [3.05, 3.63) is 51.4 Å². The van der Waals surface area contributed by atoms with E-state index in [-0.39, 0.29) is 21.9 Å². The Labute approximate surface area is 208 Å². The molecule has 180 valence electrons. The van der Waals surface area contributed by atoms with Crippen LogP contribution in [0.2, 0.25) is 5.02 Å². The van der Waals surface area contributed by atoms with Crippen LogP contribution < -0.4 is 10.9 Å². The first-order chi connectivity index (χ1) is 16.4. The van der Waals surface area contributed by atoms with Gasteiger partial charge in [-0.25, -0.2) is 4.98 Å². The molecule has 2 fully saturated rings. The highest BCUT2D eigenvalue weighted by molar-refractivity contribution is 7.92. The normalized spacial score (nSPS) is 22.2. The Balaban J connectivity index is 1.41. The highest BCUT2D eigenvalue weighted by Gasteiger charge is 2.29. The summed E-state index contributed by atoms with van der Waals surface area (Å²) < 4.78 is 14.9. The molecule has 2 aliphatic rings. The van der Waals surface area contributed by atoms with Crippen molar-refractivity contribution in [2.45, 2.75) is 81.4 Å². The summed E-state index contributed by atoms with van der Waals surface area (Å²) in [5, 5.41) is 4.51. The summed E-state index contributed by atoms with van der Waals surface area (Å²) in [6.45, 7) is 4.28. The molecular weight excluding hydrogens is 468 g/mol. The molecule has 2 aliphatic carbocycles. The Morgan fingerprint density at radius 1 is 1.12 bits per heavy atom. The number of benzene rings is 1. The molecular formula is C26H31ClN4O2S. The molecule has 2 heterocycles. The molecule has 8 heteroatoms. The topological polar surface area (TPSA) is 82.9 Å². The summed E-state index contributed by atoms with van der Waals surface area (Å²) >= 11 is 5.25. The van der Waals surface area contributed by atoms with Crippen molar-refractivity contribution in [1.29, 1.82) is 0 Å². The van der Waals surface area contributed by atoms with Crippen molar-refractivity contribution < 1.29 is 4.55 Å². The second kappa shape index (κ2) is 9.88. The third-order valence-electron chi connectivity index (χ3n) is 7.36. The van der Waals surface area contributed by atoms with Crippen LogP contribution in [0.4, 0.5) is 11.6 Å². The summed E-state index contributed by atoms with van der Waals surface area (Å²) in [6, 6.07) is 7.67. The molecule has 1 aromatic carbocycles. The first kappa shape index (κ1) is 23.6. The molecule has 1 atom stereocenters. The van der Waals surface area contributed by atoms with Gasteiger partial charge >= 0.3 is 0 Å². The van der Waals surface area contributed by atoms with Crippen LogP contribution in [-0.4, -0.2) is 24.3 Å². The molecule has 0 radical (unpaired) electrons.